The number of aliphatic hydroxyl groups is 4. The fraction of sp³-hybridized carbons (Fsp3) is 0.265. The van der Waals surface area contributed by atoms with E-state index < -0.39 is 164 Å². The summed E-state index contributed by atoms with van der Waals surface area (Å²) in [6, 6.07) is 3.05. The Kier molecular flexibility index (Phi) is 8.74. The number of rotatable bonds is 5. The molecule has 3 aromatic carbocycles. The number of hydrogen-bond acceptors (Lipinski definition) is 23. The molecule has 23 nitrogen and oxygen atoms in total. The molecule has 1 aliphatic carbocycles. The van der Waals surface area contributed by atoms with Crippen LogP contribution in [-0.4, -0.2) is 140 Å². The van der Waals surface area contributed by atoms with E-state index in [0.717, 1.165) is 0 Å². The third-order valence-electron chi connectivity index (χ3n) is 9.42. The van der Waals surface area contributed by atoms with Crippen LogP contribution in [0.1, 0.15) is 42.6 Å². The maximum absolute atomic E-state index is 13.9. The summed E-state index contributed by atoms with van der Waals surface area (Å²) in [6.07, 6.45) is -11.0. The predicted octanol–water partition coefficient (Wildman–Crippen LogP) is -2.06. The van der Waals surface area contributed by atoms with Gasteiger partial charge in [0.2, 0.25) is 17.8 Å². The third-order valence-corrected chi connectivity index (χ3v) is 9.42. The zero-order valence-corrected chi connectivity index (χ0v) is 28.0. The molecule has 300 valence electrons. The van der Waals surface area contributed by atoms with Gasteiger partial charge in [-0.1, -0.05) is 0 Å². The van der Waals surface area contributed by atoms with Crippen molar-refractivity contribution in [1.29, 1.82) is 0 Å². The van der Waals surface area contributed by atoms with E-state index in [0.29, 0.717) is 36.4 Å². The molecule has 12 N–H and O–H groups in total. The van der Waals surface area contributed by atoms with Crippen molar-refractivity contribution in [3.63, 3.8) is 0 Å². The molecule has 7 rings (SSSR count). The highest BCUT2D eigenvalue weighted by Crippen LogP contribution is 2.58. The summed E-state index contributed by atoms with van der Waals surface area (Å²) in [5.74, 6) is -27.6. The highest BCUT2D eigenvalue weighted by molar-refractivity contribution is 6.08. The first-order chi connectivity index (χ1) is 26.7. The van der Waals surface area contributed by atoms with Crippen LogP contribution in [-0.2, 0) is 33.3 Å². The zero-order valence-electron chi connectivity index (χ0n) is 28.0. The van der Waals surface area contributed by atoms with Crippen molar-refractivity contribution in [2.75, 3.05) is 6.61 Å². The molecule has 0 saturated carbocycles. The molecule has 0 unspecified atom stereocenters. The molecule has 57 heavy (non-hydrogen) atoms. The summed E-state index contributed by atoms with van der Waals surface area (Å²) in [6.45, 7) is -1.11. The SMILES string of the molecule is O=C1O[C@H]2[C@H](O)[C@@H](OC(=O)c3cc(O)c(O)c4c3[C@@H]3C1=CC(=O)[C@](O)(O4)C3(O)O)[C@H](OC(=O)c1cc(O)c(O)c(O)c1)O[C@@H]2COC(=O)c1cc(O)c(O)c(O)c1. The lowest BCUT2D eigenvalue weighted by Crippen LogP contribution is -2.70. The van der Waals surface area contributed by atoms with Gasteiger partial charge in [-0.25, -0.2) is 19.2 Å². The summed E-state index contributed by atoms with van der Waals surface area (Å²) in [5, 5.41) is 125. The second-order valence-electron chi connectivity index (χ2n) is 12.9. The van der Waals surface area contributed by atoms with E-state index in [-0.39, 0.29) is 0 Å². The van der Waals surface area contributed by atoms with Crippen molar-refractivity contribution < 1.29 is 114 Å². The molecule has 4 aliphatic rings. The average molecular weight is 803 g/mol. The normalized spacial score (nSPS) is 27.1. The lowest BCUT2D eigenvalue weighted by molar-refractivity contribution is -0.339. The van der Waals surface area contributed by atoms with Crippen LogP contribution in [0.4, 0.5) is 0 Å². The van der Waals surface area contributed by atoms with Crippen molar-refractivity contribution in [3.8, 4) is 51.7 Å². The molecule has 4 bridgehead atoms. The van der Waals surface area contributed by atoms with Crippen LogP contribution in [0.5, 0.6) is 51.7 Å². The number of fused-ring (bicyclic) bond motifs is 3. The monoisotopic (exact) mass is 802 g/mol. The highest BCUT2D eigenvalue weighted by atomic mass is 16.7. The number of hydrogen-bond donors (Lipinski definition) is 12. The molecule has 23 heteroatoms. The Morgan fingerprint density at radius 1 is 0.702 bits per heavy atom. The minimum Gasteiger partial charge on any atom is -0.504 e. The number of carbonyl (C=O) groups is 5. The van der Waals surface area contributed by atoms with E-state index in [1.54, 1.807) is 0 Å². The van der Waals surface area contributed by atoms with E-state index in [9.17, 15) is 85.3 Å². The number of ether oxygens (including phenoxy) is 6. The van der Waals surface area contributed by atoms with Gasteiger partial charge in [-0.2, -0.15) is 0 Å². The summed E-state index contributed by atoms with van der Waals surface area (Å²) in [7, 11) is 0. The standard InChI is InChI=1S/C34H26O23/c35-12-1-8(2-13(36)21(12)41)28(45)52-7-17-25-24(44)27(32(53-17)56-29(46)9-3-14(37)22(42)15(38)4-9)55-30(47)10-5-16(39)23(43)26-19(10)20-11(31(48)54-25)6-18(40)34(51,57-26)33(20,49)50/h1-6,17,20,24-25,27,32,35-39,41-44,49-51H,7H2/t17-,20+,24+,25-,27-,32+,34+/m1/s1. The van der Waals surface area contributed by atoms with Gasteiger partial charge < -0.3 is 89.7 Å². The first kappa shape index (κ1) is 38.2. The molecular weight excluding hydrogens is 776 g/mol. The molecule has 3 aromatic rings. The van der Waals surface area contributed by atoms with Crippen molar-refractivity contribution in [3.05, 3.63) is 64.2 Å². The van der Waals surface area contributed by atoms with Crippen LogP contribution in [0.2, 0.25) is 0 Å². The van der Waals surface area contributed by atoms with E-state index in [1.807, 2.05) is 0 Å². The van der Waals surface area contributed by atoms with Crippen molar-refractivity contribution in [1.82, 2.24) is 0 Å². The molecule has 0 spiro atoms. The van der Waals surface area contributed by atoms with Gasteiger partial charge in [0.05, 0.1) is 28.2 Å². The van der Waals surface area contributed by atoms with Crippen molar-refractivity contribution in [2.45, 2.75) is 48.2 Å². The van der Waals surface area contributed by atoms with Gasteiger partial charge in [-0.05, 0) is 36.4 Å². The molecule has 0 radical (unpaired) electrons. The molecule has 0 aromatic heterocycles. The molecule has 7 atom stereocenters. The van der Waals surface area contributed by atoms with Crippen molar-refractivity contribution >= 4 is 29.7 Å². The Morgan fingerprint density at radius 3 is 1.81 bits per heavy atom. The second-order valence-corrected chi connectivity index (χ2v) is 12.9. The first-order valence-electron chi connectivity index (χ1n) is 16.0. The summed E-state index contributed by atoms with van der Waals surface area (Å²) < 4.78 is 32.1. The fourth-order valence-corrected chi connectivity index (χ4v) is 6.56. The van der Waals surface area contributed by atoms with Crippen LogP contribution in [0.25, 0.3) is 0 Å². The number of carbonyl (C=O) groups excluding carboxylic acids is 5. The van der Waals surface area contributed by atoms with Crippen LogP contribution >= 0.6 is 0 Å². The molecule has 0 amide bonds. The van der Waals surface area contributed by atoms with Crippen LogP contribution in [0, 0.1) is 0 Å². The second kappa shape index (κ2) is 13.0. The number of ketones is 1. The Labute approximate surface area is 314 Å². The molecule has 1 saturated heterocycles. The molecule has 1 fully saturated rings. The summed E-state index contributed by atoms with van der Waals surface area (Å²) >= 11 is 0. The summed E-state index contributed by atoms with van der Waals surface area (Å²) in [5.41, 5.74) is -4.18. The fourth-order valence-electron chi connectivity index (χ4n) is 6.56. The molecule has 3 aliphatic heterocycles. The van der Waals surface area contributed by atoms with Gasteiger partial charge in [0.15, 0.2) is 58.2 Å². The van der Waals surface area contributed by atoms with E-state index in [1.165, 1.54) is 0 Å². The molecular formula is C34H26O23. The minimum atomic E-state index is -3.85. The van der Waals surface area contributed by atoms with Crippen LogP contribution < -0.4 is 4.74 Å². The number of aliphatic hydroxyl groups excluding tert-OH is 1. The van der Waals surface area contributed by atoms with Crippen LogP contribution in [0.3, 0.4) is 0 Å². The Balaban J connectivity index is 1.34. The minimum absolute atomic E-state index is 0.330. The van der Waals surface area contributed by atoms with E-state index >= 15 is 0 Å². The topological polar surface area (TPSA) is 383 Å². The quantitative estimate of drug-likeness (QED) is 0.0571. The number of esters is 4. The van der Waals surface area contributed by atoms with Gasteiger partial charge in [0, 0.05) is 5.56 Å². The third kappa shape index (κ3) is 5.84. The van der Waals surface area contributed by atoms with E-state index in [4.69, 9.17) is 28.4 Å². The number of benzene rings is 3. The smallest absolute Gasteiger partial charge is 0.340 e. The number of aromatic hydroxyl groups is 8. The molecule has 3 heterocycles. The number of phenolic OH excluding ortho intramolecular Hbond substituents is 8. The highest BCUT2D eigenvalue weighted by Gasteiger charge is 2.70. The maximum Gasteiger partial charge on any atom is 0.340 e. The zero-order chi connectivity index (χ0) is 41.6. The largest absolute Gasteiger partial charge is 0.504 e. The van der Waals surface area contributed by atoms with Gasteiger partial charge >= 0.3 is 29.7 Å². The van der Waals surface area contributed by atoms with Gasteiger partial charge in [0.25, 0.3) is 5.79 Å². The van der Waals surface area contributed by atoms with Crippen LogP contribution in [0.15, 0.2) is 42.0 Å². The lowest BCUT2D eigenvalue weighted by Gasteiger charge is -2.49. The predicted molar refractivity (Wildman–Crippen MR) is 171 cm³/mol. The van der Waals surface area contributed by atoms with Crippen molar-refractivity contribution in [2.24, 2.45) is 0 Å². The van der Waals surface area contributed by atoms with Gasteiger partial charge in [-0.3, -0.25) is 4.79 Å². The van der Waals surface area contributed by atoms with E-state index in [2.05, 4.69) is 0 Å². The van der Waals surface area contributed by atoms with Gasteiger partial charge in [-0.15, -0.1) is 0 Å². The lowest BCUT2D eigenvalue weighted by atomic mass is 9.70. The Morgan fingerprint density at radius 2 is 1.23 bits per heavy atom. The Bertz CT molecular complexity index is 2280. The average Bonchev–Trinajstić information content (AvgIpc) is 3.15. The maximum atomic E-state index is 13.9. The van der Waals surface area contributed by atoms with Gasteiger partial charge in [0.1, 0.15) is 18.8 Å². The Hall–Kier alpha value is -7.05. The number of phenols is 8. The summed E-state index contributed by atoms with van der Waals surface area (Å²) in [4.78, 5) is 67.3. The first-order valence-corrected chi connectivity index (χ1v) is 16.0.